The number of fused-ring (bicyclic) bond motifs is 1. The van der Waals surface area contributed by atoms with Gasteiger partial charge in [-0.15, -0.1) is 0 Å². The van der Waals surface area contributed by atoms with E-state index in [0.717, 1.165) is 29.3 Å². The molecule has 0 spiro atoms. The first-order valence-corrected chi connectivity index (χ1v) is 8.41. The molecule has 0 amide bonds. The van der Waals surface area contributed by atoms with Crippen LogP contribution in [0.3, 0.4) is 0 Å². The number of pyridine rings is 1. The molecule has 130 valence electrons. The van der Waals surface area contributed by atoms with E-state index in [2.05, 4.69) is 49.2 Å². The molecule has 0 aliphatic rings. The lowest BCUT2D eigenvalue weighted by atomic mass is 10.00. The average Bonchev–Trinajstić information content (AvgIpc) is 2.63. The Hall–Kier alpha value is -2.59. The summed E-state index contributed by atoms with van der Waals surface area (Å²) in [5.41, 5.74) is 5.66. The maximum absolute atomic E-state index is 5.51. The third kappa shape index (κ3) is 3.59. The Bertz CT molecular complexity index is 872. The van der Waals surface area contributed by atoms with Crippen molar-refractivity contribution in [3.05, 3.63) is 64.8 Å². The summed E-state index contributed by atoms with van der Waals surface area (Å²) in [5, 5.41) is 1.09. The van der Waals surface area contributed by atoms with Crippen molar-refractivity contribution in [1.29, 1.82) is 0 Å². The van der Waals surface area contributed by atoms with Gasteiger partial charge in [0, 0.05) is 11.6 Å². The van der Waals surface area contributed by atoms with Crippen molar-refractivity contribution >= 4 is 10.9 Å². The molecule has 0 fully saturated rings. The third-order valence-corrected chi connectivity index (χ3v) is 4.32. The summed E-state index contributed by atoms with van der Waals surface area (Å²) in [6, 6.07) is 12.8. The Morgan fingerprint density at radius 1 is 1.00 bits per heavy atom. The standard InChI is InChI=1S/C21H23NO3/c1-5-17-12-19(25-24-4)21(23-3)20-18(17)11-16(13-22-20)10-15-8-6-14(2)7-9-15/h6-9,11-13H,5,10H2,1-4H3. The molecule has 4 nitrogen and oxygen atoms in total. The maximum Gasteiger partial charge on any atom is 0.209 e. The molecule has 0 unspecified atom stereocenters. The van der Waals surface area contributed by atoms with Crippen LogP contribution in [0, 0.1) is 6.92 Å². The zero-order valence-corrected chi connectivity index (χ0v) is 15.1. The Morgan fingerprint density at radius 2 is 1.76 bits per heavy atom. The van der Waals surface area contributed by atoms with Gasteiger partial charge >= 0.3 is 0 Å². The van der Waals surface area contributed by atoms with Gasteiger partial charge in [0.25, 0.3) is 0 Å². The topological polar surface area (TPSA) is 40.6 Å². The predicted octanol–water partition coefficient (Wildman–Crippen LogP) is 4.65. The second kappa shape index (κ2) is 7.53. The summed E-state index contributed by atoms with van der Waals surface area (Å²) in [7, 11) is 3.10. The van der Waals surface area contributed by atoms with E-state index < -0.39 is 0 Å². The number of hydrogen-bond acceptors (Lipinski definition) is 4. The van der Waals surface area contributed by atoms with Gasteiger partial charge < -0.3 is 9.62 Å². The van der Waals surface area contributed by atoms with E-state index in [-0.39, 0.29) is 0 Å². The SMILES string of the molecule is CCc1cc(OOC)c(OC)c2ncc(Cc3ccc(C)cc3)cc12. The first-order valence-electron chi connectivity index (χ1n) is 8.41. The van der Waals surface area contributed by atoms with Crippen LogP contribution < -0.4 is 9.62 Å². The lowest BCUT2D eigenvalue weighted by molar-refractivity contribution is -0.179. The first kappa shape index (κ1) is 17.2. The maximum atomic E-state index is 5.51. The number of aryl methyl sites for hydroxylation is 2. The Morgan fingerprint density at radius 3 is 2.40 bits per heavy atom. The third-order valence-electron chi connectivity index (χ3n) is 4.32. The summed E-state index contributed by atoms with van der Waals surface area (Å²) in [6.45, 7) is 4.21. The van der Waals surface area contributed by atoms with Crippen molar-refractivity contribution in [2.45, 2.75) is 26.7 Å². The minimum atomic E-state index is 0.549. The fourth-order valence-electron chi connectivity index (χ4n) is 3.03. The van der Waals surface area contributed by atoms with E-state index in [1.54, 1.807) is 7.11 Å². The number of nitrogens with zero attached hydrogens (tertiary/aromatic N) is 1. The van der Waals surface area contributed by atoms with E-state index >= 15 is 0 Å². The summed E-state index contributed by atoms with van der Waals surface area (Å²) in [6.07, 6.45) is 3.63. The minimum Gasteiger partial charge on any atom is -0.491 e. The highest BCUT2D eigenvalue weighted by molar-refractivity contribution is 5.90. The lowest BCUT2D eigenvalue weighted by Gasteiger charge is -2.14. The number of aromatic nitrogens is 1. The van der Waals surface area contributed by atoms with Gasteiger partial charge in [0.05, 0.1) is 14.2 Å². The minimum absolute atomic E-state index is 0.549. The van der Waals surface area contributed by atoms with Gasteiger partial charge in [-0.25, -0.2) is 0 Å². The highest BCUT2D eigenvalue weighted by atomic mass is 17.2. The van der Waals surface area contributed by atoms with Crippen molar-refractivity contribution in [3.8, 4) is 11.5 Å². The van der Waals surface area contributed by atoms with Crippen LogP contribution in [0.5, 0.6) is 11.5 Å². The molecule has 25 heavy (non-hydrogen) atoms. The molecule has 0 aliphatic carbocycles. The van der Waals surface area contributed by atoms with Crippen LogP contribution in [0.4, 0.5) is 0 Å². The molecular formula is C21H23NO3. The van der Waals surface area contributed by atoms with Gasteiger partial charge in [0.2, 0.25) is 5.75 Å². The van der Waals surface area contributed by atoms with Gasteiger partial charge in [-0.05, 0) is 48.6 Å². The quantitative estimate of drug-likeness (QED) is 0.485. The zero-order chi connectivity index (χ0) is 17.8. The highest BCUT2D eigenvalue weighted by Crippen LogP contribution is 2.37. The van der Waals surface area contributed by atoms with Gasteiger partial charge in [-0.3, -0.25) is 4.98 Å². The molecule has 0 bridgehead atoms. The van der Waals surface area contributed by atoms with Crippen LogP contribution in [-0.2, 0) is 17.7 Å². The molecule has 3 rings (SSSR count). The molecule has 3 aromatic rings. The fourth-order valence-corrected chi connectivity index (χ4v) is 3.03. The molecule has 1 aromatic heterocycles. The smallest absolute Gasteiger partial charge is 0.209 e. The Labute approximate surface area is 148 Å². The monoisotopic (exact) mass is 337 g/mol. The van der Waals surface area contributed by atoms with Gasteiger partial charge in [-0.2, -0.15) is 4.89 Å². The molecule has 2 aromatic carbocycles. The van der Waals surface area contributed by atoms with Crippen molar-refractivity contribution < 1.29 is 14.5 Å². The van der Waals surface area contributed by atoms with Gasteiger partial charge in [-0.1, -0.05) is 36.8 Å². The molecule has 0 N–H and O–H groups in total. The van der Waals surface area contributed by atoms with Crippen molar-refractivity contribution in [2.75, 3.05) is 14.2 Å². The molecule has 4 heteroatoms. The summed E-state index contributed by atoms with van der Waals surface area (Å²) in [4.78, 5) is 14.7. The molecule has 0 atom stereocenters. The van der Waals surface area contributed by atoms with Crippen LogP contribution in [0.2, 0.25) is 0 Å². The van der Waals surface area contributed by atoms with E-state index in [9.17, 15) is 0 Å². The lowest BCUT2D eigenvalue weighted by Crippen LogP contribution is -2.00. The number of hydrogen-bond donors (Lipinski definition) is 0. The number of rotatable bonds is 6. The van der Waals surface area contributed by atoms with Crippen LogP contribution in [0.1, 0.15) is 29.2 Å². The van der Waals surface area contributed by atoms with Crippen molar-refractivity contribution in [2.24, 2.45) is 0 Å². The first-order chi connectivity index (χ1) is 12.2. The second-order valence-electron chi connectivity index (χ2n) is 6.07. The van der Waals surface area contributed by atoms with Crippen molar-refractivity contribution in [3.63, 3.8) is 0 Å². The summed E-state index contributed by atoms with van der Waals surface area (Å²) < 4.78 is 5.51. The van der Waals surface area contributed by atoms with Crippen LogP contribution >= 0.6 is 0 Å². The largest absolute Gasteiger partial charge is 0.491 e. The van der Waals surface area contributed by atoms with E-state index in [4.69, 9.17) is 14.5 Å². The summed E-state index contributed by atoms with van der Waals surface area (Å²) in [5.74, 6) is 1.14. The van der Waals surface area contributed by atoms with Crippen molar-refractivity contribution in [1.82, 2.24) is 4.98 Å². The zero-order valence-electron chi connectivity index (χ0n) is 15.1. The molecule has 0 saturated heterocycles. The van der Waals surface area contributed by atoms with Crippen LogP contribution in [0.15, 0.2) is 42.6 Å². The number of ether oxygens (including phenoxy) is 1. The van der Waals surface area contributed by atoms with E-state index in [1.165, 1.54) is 23.8 Å². The number of benzene rings is 2. The normalized spacial score (nSPS) is 10.9. The van der Waals surface area contributed by atoms with Crippen LogP contribution in [0.25, 0.3) is 10.9 Å². The van der Waals surface area contributed by atoms with Gasteiger partial charge in [0.1, 0.15) is 5.52 Å². The van der Waals surface area contributed by atoms with Gasteiger partial charge in [0.15, 0.2) is 5.75 Å². The van der Waals surface area contributed by atoms with E-state index in [1.807, 2.05) is 12.3 Å². The highest BCUT2D eigenvalue weighted by Gasteiger charge is 2.16. The Kier molecular flexibility index (Phi) is 5.19. The molecule has 0 saturated carbocycles. The molecular weight excluding hydrogens is 314 g/mol. The number of methoxy groups -OCH3 is 1. The second-order valence-corrected chi connectivity index (χ2v) is 6.07. The summed E-state index contributed by atoms with van der Waals surface area (Å²) >= 11 is 0. The molecule has 0 radical (unpaired) electrons. The fraction of sp³-hybridized carbons (Fsp3) is 0.286. The Balaban J connectivity index is 2.06. The molecule has 1 heterocycles. The van der Waals surface area contributed by atoms with E-state index in [0.29, 0.717) is 11.5 Å². The molecule has 0 aliphatic heterocycles. The van der Waals surface area contributed by atoms with Crippen LogP contribution in [-0.4, -0.2) is 19.2 Å². The average molecular weight is 337 g/mol. The predicted molar refractivity (Wildman–Crippen MR) is 99.3 cm³/mol.